The van der Waals surface area contributed by atoms with Gasteiger partial charge in [-0.2, -0.15) is 0 Å². The number of carboxylic acids is 1. The second kappa shape index (κ2) is 4.36. The minimum atomic E-state index is -1.09. The molecule has 0 fully saturated rings. The Morgan fingerprint density at radius 3 is 2.78 bits per heavy atom. The highest BCUT2D eigenvalue weighted by atomic mass is 16.4. The summed E-state index contributed by atoms with van der Waals surface area (Å²) in [5.74, 6) is -1.49. The monoisotopic (exact) mass is 248 g/mol. The first kappa shape index (κ1) is 11.9. The SMILES string of the molecule is Cc1[nH]cc(NC(=O)c2cncn2C)c1C(=O)O. The molecule has 0 unspecified atom stereocenters. The molecule has 1 amide bonds. The van der Waals surface area contributed by atoms with Gasteiger partial charge in [0.25, 0.3) is 5.91 Å². The molecule has 0 radical (unpaired) electrons. The summed E-state index contributed by atoms with van der Waals surface area (Å²) in [4.78, 5) is 29.5. The fourth-order valence-electron chi connectivity index (χ4n) is 1.66. The standard InChI is InChI=1S/C11H12N4O3/c1-6-9(11(17)18)7(3-13-6)14-10(16)8-4-12-5-15(8)2/h3-5,13H,1-2H3,(H,14,16)(H,17,18). The van der Waals surface area contributed by atoms with E-state index in [1.54, 1.807) is 18.5 Å². The molecule has 0 atom stereocenters. The van der Waals surface area contributed by atoms with E-state index >= 15 is 0 Å². The third-order valence-electron chi connectivity index (χ3n) is 2.59. The van der Waals surface area contributed by atoms with Crippen molar-refractivity contribution < 1.29 is 14.7 Å². The van der Waals surface area contributed by atoms with Crippen LogP contribution in [0.4, 0.5) is 5.69 Å². The molecule has 0 aromatic carbocycles. The van der Waals surface area contributed by atoms with E-state index in [0.29, 0.717) is 11.4 Å². The molecule has 2 rings (SSSR count). The van der Waals surface area contributed by atoms with Gasteiger partial charge in [0, 0.05) is 18.9 Å². The lowest BCUT2D eigenvalue weighted by molar-refractivity contribution is 0.0697. The van der Waals surface area contributed by atoms with Crippen LogP contribution in [0.3, 0.4) is 0 Å². The number of aromatic amines is 1. The zero-order valence-electron chi connectivity index (χ0n) is 9.89. The normalized spacial score (nSPS) is 10.3. The molecule has 0 spiro atoms. The Hall–Kier alpha value is -2.57. The van der Waals surface area contributed by atoms with Gasteiger partial charge in [-0.15, -0.1) is 0 Å². The minimum absolute atomic E-state index is 0.0607. The highest BCUT2D eigenvalue weighted by molar-refractivity contribution is 6.07. The number of rotatable bonds is 3. The van der Waals surface area contributed by atoms with E-state index in [0.717, 1.165) is 0 Å². The number of hydrogen-bond acceptors (Lipinski definition) is 3. The molecule has 0 bridgehead atoms. The van der Waals surface area contributed by atoms with Gasteiger partial charge < -0.3 is 20.0 Å². The minimum Gasteiger partial charge on any atom is -0.478 e. The Morgan fingerprint density at radius 2 is 2.22 bits per heavy atom. The van der Waals surface area contributed by atoms with Crippen molar-refractivity contribution in [2.24, 2.45) is 7.05 Å². The third kappa shape index (κ3) is 1.97. The lowest BCUT2D eigenvalue weighted by Crippen LogP contribution is -2.16. The van der Waals surface area contributed by atoms with Crippen LogP contribution >= 0.6 is 0 Å². The number of nitrogens with zero attached hydrogens (tertiary/aromatic N) is 2. The van der Waals surface area contributed by atoms with Crippen LogP contribution < -0.4 is 5.32 Å². The molecule has 94 valence electrons. The lowest BCUT2D eigenvalue weighted by Gasteiger charge is -2.04. The van der Waals surface area contributed by atoms with Crippen LogP contribution in [-0.2, 0) is 7.05 Å². The van der Waals surface area contributed by atoms with E-state index < -0.39 is 11.9 Å². The molecule has 2 aromatic heterocycles. The van der Waals surface area contributed by atoms with Crippen molar-refractivity contribution in [3.63, 3.8) is 0 Å². The molecule has 7 nitrogen and oxygen atoms in total. The van der Waals surface area contributed by atoms with Crippen molar-refractivity contribution in [2.75, 3.05) is 5.32 Å². The molecule has 0 aliphatic carbocycles. The number of nitrogens with one attached hydrogen (secondary N) is 2. The van der Waals surface area contributed by atoms with E-state index in [2.05, 4.69) is 15.3 Å². The largest absolute Gasteiger partial charge is 0.478 e. The maximum atomic E-state index is 11.9. The highest BCUT2D eigenvalue weighted by Crippen LogP contribution is 2.19. The Balaban J connectivity index is 2.28. The van der Waals surface area contributed by atoms with Gasteiger partial charge >= 0.3 is 5.97 Å². The van der Waals surface area contributed by atoms with Crippen molar-refractivity contribution in [2.45, 2.75) is 6.92 Å². The number of aromatic carboxylic acids is 1. The lowest BCUT2D eigenvalue weighted by atomic mass is 10.2. The van der Waals surface area contributed by atoms with Crippen LogP contribution in [-0.4, -0.2) is 31.5 Å². The molecule has 0 saturated heterocycles. The predicted octanol–water partition coefficient (Wildman–Crippen LogP) is 1.01. The third-order valence-corrected chi connectivity index (χ3v) is 2.59. The number of amides is 1. The van der Waals surface area contributed by atoms with Gasteiger partial charge in [-0.1, -0.05) is 0 Å². The van der Waals surface area contributed by atoms with E-state index in [4.69, 9.17) is 5.11 Å². The first-order valence-electron chi connectivity index (χ1n) is 5.19. The maximum absolute atomic E-state index is 11.9. The summed E-state index contributed by atoms with van der Waals surface area (Å²) >= 11 is 0. The Labute approximate surface area is 102 Å². The molecule has 2 heterocycles. The molecule has 0 aliphatic rings. The van der Waals surface area contributed by atoms with Crippen molar-refractivity contribution in [1.29, 1.82) is 0 Å². The van der Waals surface area contributed by atoms with Crippen molar-refractivity contribution in [1.82, 2.24) is 14.5 Å². The molecule has 0 saturated carbocycles. The van der Waals surface area contributed by atoms with Gasteiger partial charge in [-0.25, -0.2) is 9.78 Å². The second-order valence-electron chi connectivity index (χ2n) is 3.85. The number of aromatic nitrogens is 3. The quantitative estimate of drug-likeness (QED) is 0.754. The first-order chi connectivity index (χ1) is 8.50. The summed E-state index contributed by atoms with van der Waals surface area (Å²) < 4.78 is 1.55. The molecule has 0 aliphatic heterocycles. The van der Waals surface area contributed by atoms with Crippen molar-refractivity contribution in [3.8, 4) is 0 Å². The Morgan fingerprint density at radius 1 is 1.50 bits per heavy atom. The fraction of sp³-hybridized carbons (Fsp3) is 0.182. The van der Waals surface area contributed by atoms with E-state index in [1.807, 2.05) is 0 Å². The molecule has 7 heteroatoms. The van der Waals surface area contributed by atoms with Gasteiger partial charge in [-0.3, -0.25) is 4.79 Å². The summed E-state index contributed by atoms with van der Waals surface area (Å²) in [6, 6.07) is 0. The summed E-state index contributed by atoms with van der Waals surface area (Å²) in [6.07, 6.45) is 4.36. The average Bonchev–Trinajstić information content (AvgIpc) is 2.85. The molecule has 18 heavy (non-hydrogen) atoms. The summed E-state index contributed by atoms with van der Waals surface area (Å²) in [7, 11) is 1.68. The Bertz CT molecular complexity index is 612. The van der Waals surface area contributed by atoms with Crippen molar-refractivity contribution in [3.05, 3.63) is 35.7 Å². The summed E-state index contributed by atoms with van der Waals surface area (Å²) in [6.45, 7) is 1.63. The van der Waals surface area contributed by atoms with Crippen molar-refractivity contribution >= 4 is 17.6 Å². The van der Waals surface area contributed by atoms with E-state index in [-0.39, 0.29) is 11.3 Å². The highest BCUT2D eigenvalue weighted by Gasteiger charge is 2.18. The second-order valence-corrected chi connectivity index (χ2v) is 3.85. The summed E-state index contributed by atoms with van der Waals surface area (Å²) in [5.41, 5.74) is 1.14. The zero-order chi connectivity index (χ0) is 13.3. The number of H-pyrrole nitrogens is 1. The molecule has 2 aromatic rings. The fourth-order valence-corrected chi connectivity index (χ4v) is 1.66. The summed E-state index contributed by atoms with van der Waals surface area (Å²) in [5, 5.41) is 11.6. The number of aryl methyl sites for hydroxylation is 2. The van der Waals surface area contributed by atoms with Gasteiger partial charge in [-0.05, 0) is 6.92 Å². The molecular weight excluding hydrogens is 236 g/mol. The van der Waals surface area contributed by atoms with E-state index in [1.165, 1.54) is 18.7 Å². The smallest absolute Gasteiger partial charge is 0.339 e. The zero-order valence-corrected chi connectivity index (χ0v) is 9.89. The molecular formula is C11H12N4O3. The van der Waals surface area contributed by atoms with Gasteiger partial charge in [0.2, 0.25) is 0 Å². The predicted molar refractivity (Wildman–Crippen MR) is 63.7 cm³/mol. The van der Waals surface area contributed by atoms with Crippen LogP contribution in [0, 0.1) is 6.92 Å². The van der Waals surface area contributed by atoms with Crippen LogP contribution in [0.1, 0.15) is 26.5 Å². The van der Waals surface area contributed by atoms with E-state index in [9.17, 15) is 9.59 Å². The van der Waals surface area contributed by atoms with Crippen LogP contribution in [0.25, 0.3) is 0 Å². The number of carbonyl (C=O) groups excluding carboxylic acids is 1. The van der Waals surface area contributed by atoms with Crippen LogP contribution in [0.15, 0.2) is 18.7 Å². The number of carboxylic acid groups (broad SMARTS) is 1. The van der Waals surface area contributed by atoms with Crippen LogP contribution in [0.2, 0.25) is 0 Å². The average molecular weight is 248 g/mol. The Kier molecular flexibility index (Phi) is 2.88. The topological polar surface area (TPSA) is 100 Å². The van der Waals surface area contributed by atoms with Crippen LogP contribution in [0.5, 0.6) is 0 Å². The van der Waals surface area contributed by atoms with Gasteiger partial charge in [0.05, 0.1) is 18.2 Å². The number of imidazole rings is 1. The number of anilines is 1. The number of carbonyl (C=O) groups is 2. The molecule has 3 N–H and O–H groups in total. The first-order valence-corrected chi connectivity index (χ1v) is 5.19. The number of hydrogen-bond donors (Lipinski definition) is 3. The maximum Gasteiger partial charge on any atom is 0.339 e. The van der Waals surface area contributed by atoms with Gasteiger partial charge in [0.1, 0.15) is 11.3 Å². The van der Waals surface area contributed by atoms with Gasteiger partial charge in [0.15, 0.2) is 0 Å².